The van der Waals surface area contributed by atoms with Gasteiger partial charge in [0.1, 0.15) is 17.3 Å². The number of benzene rings is 1. The molecule has 8 rings (SSSR count). The van der Waals surface area contributed by atoms with Crippen LogP contribution >= 0.6 is 0 Å². The third kappa shape index (κ3) is 5.10. The average Bonchev–Trinajstić information content (AvgIpc) is 3.73. The van der Waals surface area contributed by atoms with Gasteiger partial charge in [-0.15, -0.1) is 13.0 Å². The van der Waals surface area contributed by atoms with Crippen LogP contribution in [0.3, 0.4) is 0 Å². The van der Waals surface area contributed by atoms with Crippen LogP contribution in [0.1, 0.15) is 88.5 Å². The molecule has 4 unspecified atom stereocenters. The quantitative estimate of drug-likeness (QED) is 0.313. The minimum absolute atomic E-state index is 0.0890. The summed E-state index contributed by atoms with van der Waals surface area (Å²) < 4.78 is 0. The summed E-state index contributed by atoms with van der Waals surface area (Å²) >= 11 is 0. The zero-order valence-electron chi connectivity index (χ0n) is 29.5. The van der Waals surface area contributed by atoms with E-state index in [0.29, 0.717) is 67.4 Å². The van der Waals surface area contributed by atoms with Gasteiger partial charge in [0.15, 0.2) is 0 Å². The molecular formula is C42H54N4O3. The van der Waals surface area contributed by atoms with E-state index in [-0.39, 0.29) is 22.6 Å². The molecule has 3 heterocycles. The van der Waals surface area contributed by atoms with Gasteiger partial charge < -0.3 is 14.9 Å². The SMILES string of the molecule is C#C[C@]1(O)CCC2C3CCC4C[C@H](C=C)[C@@H](N5CCN(C(=O)[C@@H]6CCCN6C(=O)c6ccc7ccccc7n6)CC5)C[C@]4(C)C3CC[C@@]21C. The van der Waals surface area contributed by atoms with Gasteiger partial charge in [0.05, 0.1) is 5.52 Å². The van der Waals surface area contributed by atoms with Gasteiger partial charge in [-0.2, -0.15) is 0 Å². The Kier molecular flexibility index (Phi) is 8.23. The lowest BCUT2D eigenvalue weighted by Crippen LogP contribution is -2.62. The molecule has 49 heavy (non-hydrogen) atoms. The summed E-state index contributed by atoms with van der Waals surface area (Å²) in [6, 6.07) is 11.6. The molecule has 7 nitrogen and oxygen atoms in total. The fourth-order valence-corrected chi connectivity index (χ4v) is 12.3. The number of aliphatic hydroxyl groups is 1. The van der Waals surface area contributed by atoms with Crippen molar-refractivity contribution in [3.8, 4) is 12.3 Å². The van der Waals surface area contributed by atoms with Crippen LogP contribution in [0.5, 0.6) is 0 Å². The highest BCUT2D eigenvalue weighted by atomic mass is 16.3. The number of carbonyl (C=O) groups is 2. The predicted molar refractivity (Wildman–Crippen MR) is 192 cm³/mol. The zero-order valence-corrected chi connectivity index (χ0v) is 29.5. The Labute approximate surface area is 292 Å². The molecule has 4 aliphatic carbocycles. The number of fused-ring (bicyclic) bond motifs is 6. The second-order valence-corrected chi connectivity index (χ2v) is 17.0. The number of para-hydroxylation sites is 1. The molecule has 1 N–H and O–H groups in total. The van der Waals surface area contributed by atoms with E-state index < -0.39 is 11.6 Å². The minimum atomic E-state index is -0.962. The van der Waals surface area contributed by atoms with E-state index in [1.165, 1.54) is 25.7 Å². The number of piperazine rings is 1. The van der Waals surface area contributed by atoms with Crippen LogP contribution in [-0.4, -0.2) is 87.0 Å². The Hall–Kier alpha value is -3.21. The van der Waals surface area contributed by atoms with Gasteiger partial charge in [-0.3, -0.25) is 14.5 Å². The lowest BCUT2D eigenvalue weighted by molar-refractivity contribution is -0.151. The maximum absolute atomic E-state index is 14.0. The number of carbonyl (C=O) groups excluding carboxylic acids is 2. The van der Waals surface area contributed by atoms with Crippen molar-refractivity contribution >= 4 is 22.7 Å². The first-order valence-corrected chi connectivity index (χ1v) is 19.1. The highest BCUT2D eigenvalue weighted by Crippen LogP contribution is 2.68. The molecule has 4 saturated carbocycles. The molecule has 260 valence electrons. The van der Waals surface area contributed by atoms with Gasteiger partial charge >= 0.3 is 0 Å². The van der Waals surface area contributed by atoms with Crippen LogP contribution in [0.15, 0.2) is 49.1 Å². The lowest BCUT2D eigenvalue weighted by atomic mass is 9.43. The monoisotopic (exact) mass is 662 g/mol. The van der Waals surface area contributed by atoms with Crippen molar-refractivity contribution < 1.29 is 14.7 Å². The van der Waals surface area contributed by atoms with E-state index in [2.05, 4.69) is 42.3 Å². The normalized spacial score (nSPS) is 40.7. The van der Waals surface area contributed by atoms with Gasteiger partial charge in [0, 0.05) is 49.6 Å². The second kappa shape index (κ2) is 12.2. The van der Waals surface area contributed by atoms with Crippen molar-refractivity contribution in [1.82, 2.24) is 19.7 Å². The Bertz CT molecular complexity index is 1680. The molecule has 7 heteroatoms. The smallest absolute Gasteiger partial charge is 0.273 e. The number of hydrogen-bond acceptors (Lipinski definition) is 5. The van der Waals surface area contributed by atoms with Crippen LogP contribution in [0.2, 0.25) is 0 Å². The fraction of sp³-hybridized carbons (Fsp3) is 0.643. The predicted octanol–water partition coefficient (Wildman–Crippen LogP) is 6.17. The van der Waals surface area contributed by atoms with Gasteiger partial charge in [0.2, 0.25) is 5.91 Å². The van der Waals surface area contributed by atoms with E-state index in [0.717, 1.165) is 56.1 Å². The molecule has 2 aliphatic heterocycles. The fourth-order valence-electron chi connectivity index (χ4n) is 12.3. The van der Waals surface area contributed by atoms with Gasteiger partial charge in [0.25, 0.3) is 5.91 Å². The molecule has 1 aromatic carbocycles. The van der Waals surface area contributed by atoms with Gasteiger partial charge in [-0.1, -0.05) is 50.1 Å². The maximum atomic E-state index is 14.0. The standard InChI is InChI=1S/C42H54N4O3/c1-5-28-26-30-14-15-31-32(17-19-41(4)33(31)18-20-42(41,49)6-2)40(30,3)27-37(28)44-22-24-45(25-23-44)39(48)36-12-9-21-46(36)38(47)35-16-13-29-10-7-8-11-34(29)43-35/h2,5,7-8,10-11,13,16,28,30-33,36-37,49H,1,9,12,14-15,17-27H2,3-4H3/t28-,30?,31?,32?,33?,36-,37-,40-,41-,42-/m0/s1. The summed E-state index contributed by atoms with van der Waals surface area (Å²) in [5, 5.41) is 12.5. The van der Waals surface area contributed by atoms with Crippen LogP contribution in [-0.2, 0) is 4.79 Å². The third-order valence-electron chi connectivity index (χ3n) is 15.2. The number of rotatable bonds is 4. The number of nitrogens with zero attached hydrogens (tertiary/aromatic N) is 4. The topological polar surface area (TPSA) is 77.0 Å². The van der Waals surface area contributed by atoms with E-state index in [1.54, 1.807) is 11.0 Å². The van der Waals surface area contributed by atoms with E-state index in [9.17, 15) is 14.7 Å². The first kappa shape index (κ1) is 33.0. The first-order valence-electron chi connectivity index (χ1n) is 19.1. The first-order chi connectivity index (χ1) is 23.6. The van der Waals surface area contributed by atoms with Crippen LogP contribution < -0.4 is 0 Å². The number of pyridine rings is 1. The van der Waals surface area contributed by atoms with Crippen LogP contribution in [0.4, 0.5) is 0 Å². The minimum Gasteiger partial charge on any atom is -0.377 e. The summed E-state index contributed by atoms with van der Waals surface area (Å²) in [5.41, 5.74) is 0.344. The lowest BCUT2D eigenvalue weighted by Gasteiger charge is -2.63. The number of amides is 2. The Morgan fingerprint density at radius 3 is 2.53 bits per heavy atom. The largest absolute Gasteiger partial charge is 0.377 e. The molecule has 6 fully saturated rings. The molecule has 6 aliphatic rings. The molecule has 1 aromatic heterocycles. The molecule has 10 atom stereocenters. The average molecular weight is 663 g/mol. The Morgan fingerprint density at radius 1 is 0.980 bits per heavy atom. The highest BCUT2D eigenvalue weighted by Gasteiger charge is 2.65. The van der Waals surface area contributed by atoms with Gasteiger partial charge in [-0.25, -0.2) is 4.98 Å². The number of likely N-dealkylation sites (tertiary alicyclic amines) is 1. The summed E-state index contributed by atoms with van der Waals surface area (Å²) in [4.78, 5) is 38.7. The third-order valence-corrected chi connectivity index (χ3v) is 15.2. The van der Waals surface area contributed by atoms with Crippen molar-refractivity contribution in [2.75, 3.05) is 32.7 Å². The van der Waals surface area contributed by atoms with Crippen molar-refractivity contribution in [2.24, 2.45) is 40.4 Å². The van der Waals surface area contributed by atoms with E-state index in [1.807, 2.05) is 35.2 Å². The van der Waals surface area contributed by atoms with Crippen molar-refractivity contribution in [3.05, 3.63) is 54.7 Å². The summed E-state index contributed by atoms with van der Waals surface area (Å²) in [7, 11) is 0. The Morgan fingerprint density at radius 2 is 1.76 bits per heavy atom. The van der Waals surface area contributed by atoms with Crippen molar-refractivity contribution in [3.63, 3.8) is 0 Å². The number of hydrogen-bond donors (Lipinski definition) is 1. The van der Waals surface area contributed by atoms with Crippen LogP contribution in [0.25, 0.3) is 10.9 Å². The highest BCUT2D eigenvalue weighted by molar-refractivity contribution is 5.98. The number of aromatic nitrogens is 1. The van der Waals surface area contributed by atoms with E-state index in [4.69, 9.17) is 6.42 Å². The molecule has 0 radical (unpaired) electrons. The van der Waals surface area contributed by atoms with Crippen molar-refractivity contribution in [2.45, 2.75) is 95.7 Å². The summed E-state index contributed by atoms with van der Waals surface area (Å²) in [5.74, 6) is 5.77. The second-order valence-electron chi connectivity index (χ2n) is 17.0. The molecule has 0 bridgehead atoms. The summed E-state index contributed by atoms with van der Waals surface area (Å²) in [6.45, 7) is 12.9. The summed E-state index contributed by atoms with van der Waals surface area (Å²) in [6.07, 6.45) is 18.6. The zero-order chi connectivity index (χ0) is 34.1. The molecule has 0 spiro atoms. The Balaban J connectivity index is 0.940. The molecule has 2 amide bonds. The van der Waals surface area contributed by atoms with Crippen LogP contribution in [0, 0.1) is 52.8 Å². The molecular weight excluding hydrogens is 608 g/mol. The van der Waals surface area contributed by atoms with Crippen molar-refractivity contribution in [1.29, 1.82) is 0 Å². The molecule has 2 aromatic rings. The molecule has 2 saturated heterocycles. The van der Waals surface area contributed by atoms with Gasteiger partial charge in [-0.05, 0) is 111 Å². The van der Waals surface area contributed by atoms with E-state index >= 15 is 0 Å². The number of terminal acetylenes is 1. The maximum Gasteiger partial charge on any atom is 0.273 e.